The Morgan fingerprint density at radius 3 is 2.44 bits per heavy atom. The quantitative estimate of drug-likeness (QED) is 0.837. The van der Waals surface area contributed by atoms with Crippen molar-refractivity contribution in [1.82, 2.24) is 0 Å². The van der Waals surface area contributed by atoms with Crippen molar-refractivity contribution in [3.63, 3.8) is 0 Å². The molecule has 0 unspecified atom stereocenters. The summed E-state index contributed by atoms with van der Waals surface area (Å²) in [6.45, 7) is 0. The summed E-state index contributed by atoms with van der Waals surface area (Å²) >= 11 is 0. The van der Waals surface area contributed by atoms with Crippen LogP contribution in [0.15, 0.2) is 29.2 Å². The zero-order valence-electron chi connectivity index (χ0n) is 9.83. The summed E-state index contributed by atoms with van der Waals surface area (Å²) in [5, 5.41) is 18.6. The van der Waals surface area contributed by atoms with Crippen LogP contribution in [-0.4, -0.2) is 37.0 Å². The van der Waals surface area contributed by atoms with Crippen LogP contribution in [0, 0.1) is 0 Å². The molecule has 1 fully saturated rings. The van der Waals surface area contributed by atoms with Crippen molar-refractivity contribution in [3.8, 4) is 0 Å². The molecule has 98 valence electrons. The molecule has 0 radical (unpaired) electrons. The fraction of sp³-hybridized carbons (Fsp3) is 0.417. The number of carboxylic acids is 1. The monoisotopic (exact) mass is 270 g/mol. The van der Waals surface area contributed by atoms with Crippen molar-refractivity contribution in [1.29, 1.82) is 0 Å². The van der Waals surface area contributed by atoms with Crippen LogP contribution < -0.4 is 0 Å². The summed E-state index contributed by atoms with van der Waals surface area (Å²) in [5.74, 6) is -1.03. The first kappa shape index (κ1) is 13.0. The molecule has 6 heteroatoms. The third-order valence-corrected chi connectivity index (χ3v) is 4.50. The normalized spacial score (nSPS) is 27.6. The number of sulfone groups is 1. The summed E-state index contributed by atoms with van der Waals surface area (Å²) in [5.41, 5.74) is -0.719. The van der Waals surface area contributed by atoms with Gasteiger partial charge in [-0.1, -0.05) is 12.1 Å². The summed E-state index contributed by atoms with van der Waals surface area (Å²) < 4.78 is 22.9. The van der Waals surface area contributed by atoms with Gasteiger partial charge in [0, 0.05) is 6.26 Å². The Morgan fingerprint density at radius 1 is 1.39 bits per heavy atom. The molecule has 2 rings (SSSR count). The Hall–Kier alpha value is -1.40. The molecule has 5 nitrogen and oxygen atoms in total. The van der Waals surface area contributed by atoms with E-state index in [0.717, 1.165) is 6.26 Å². The lowest BCUT2D eigenvalue weighted by molar-refractivity contribution is -0.152. The van der Waals surface area contributed by atoms with Gasteiger partial charge in [0.25, 0.3) is 0 Å². The maximum Gasteiger partial charge on any atom is 0.314 e. The average Bonchev–Trinajstić information content (AvgIpc) is 2.23. The van der Waals surface area contributed by atoms with Gasteiger partial charge >= 0.3 is 5.97 Å². The molecule has 0 bridgehead atoms. The molecule has 1 aromatic rings. The minimum Gasteiger partial charge on any atom is -0.481 e. The Bertz CT molecular complexity index is 584. The topological polar surface area (TPSA) is 91.7 Å². The third-order valence-electron chi connectivity index (χ3n) is 3.39. The fourth-order valence-corrected chi connectivity index (χ4v) is 2.97. The van der Waals surface area contributed by atoms with Crippen molar-refractivity contribution < 1.29 is 23.4 Å². The van der Waals surface area contributed by atoms with E-state index in [0.29, 0.717) is 5.56 Å². The highest BCUT2D eigenvalue weighted by Gasteiger charge is 2.51. The van der Waals surface area contributed by atoms with Crippen LogP contribution in [0.25, 0.3) is 0 Å². The molecule has 1 aliphatic carbocycles. The second-order valence-electron chi connectivity index (χ2n) is 4.75. The predicted molar refractivity (Wildman–Crippen MR) is 64.1 cm³/mol. The van der Waals surface area contributed by atoms with Crippen LogP contribution in [-0.2, 0) is 20.0 Å². The van der Waals surface area contributed by atoms with Gasteiger partial charge in [-0.05, 0) is 30.5 Å². The van der Waals surface area contributed by atoms with E-state index in [-0.39, 0.29) is 17.7 Å². The lowest BCUT2D eigenvalue weighted by Gasteiger charge is -2.42. The van der Waals surface area contributed by atoms with E-state index in [9.17, 15) is 23.4 Å². The van der Waals surface area contributed by atoms with E-state index in [1.807, 2.05) is 0 Å². The van der Waals surface area contributed by atoms with Gasteiger partial charge in [-0.3, -0.25) is 4.79 Å². The molecule has 0 spiro atoms. The number of carbonyl (C=O) groups is 1. The highest BCUT2D eigenvalue weighted by Crippen LogP contribution is 2.44. The molecular formula is C12H14O5S. The molecule has 1 aromatic carbocycles. The third kappa shape index (κ3) is 2.02. The first-order valence-electron chi connectivity index (χ1n) is 5.48. The maximum absolute atomic E-state index is 11.5. The number of carboxylic acid groups (broad SMARTS) is 1. The van der Waals surface area contributed by atoms with Gasteiger partial charge in [0.15, 0.2) is 9.84 Å². The molecule has 0 aliphatic heterocycles. The van der Waals surface area contributed by atoms with Gasteiger partial charge in [0.1, 0.15) is 0 Å². The van der Waals surface area contributed by atoms with Crippen molar-refractivity contribution in [3.05, 3.63) is 29.8 Å². The van der Waals surface area contributed by atoms with Gasteiger partial charge in [-0.15, -0.1) is 0 Å². The van der Waals surface area contributed by atoms with Gasteiger partial charge < -0.3 is 10.2 Å². The van der Waals surface area contributed by atoms with Crippen LogP contribution in [0.2, 0.25) is 0 Å². The Labute approximate surface area is 105 Å². The second-order valence-corrected chi connectivity index (χ2v) is 6.77. The standard InChI is InChI=1S/C12H14O5S/c1-18(16,17)10-4-2-3-8(5-10)12(11(14)15)6-9(13)7-12/h2-5,9,13H,6-7H2,1H3,(H,14,15). The number of rotatable bonds is 3. The van der Waals surface area contributed by atoms with E-state index in [4.69, 9.17) is 0 Å². The molecule has 0 atom stereocenters. The first-order chi connectivity index (χ1) is 8.25. The summed E-state index contributed by atoms with van der Waals surface area (Å²) in [6, 6.07) is 5.94. The highest BCUT2D eigenvalue weighted by molar-refractivity contribution is 7.90. The second kappa shape index (κ2) is 4.07. The lowest BCUT2D eigenvalue weighted by Crippen LogP contribution is -2.50. The SMILES string of the molecule is CS(=O)(=O)c1cccc(C2(C(=O)O)CC(O)C2)c1. The number of hydrogen-bond acceptors (Lipinski definition) is 4. The van der Waals surface area contributed by atoms with Crippen LogP contribution >= 0.6 is 0 Å². The minimum atomic E-state index is -3.36. The molecule has 18 heavy (non-hydrogen) atoms. The van der Waals surface area contributed by atoms with E-state index in [1.165, 1.54) is 18.2 Å². The number of aliphatic hydroxyl groups excluding tert-OH is 1. The molecule has 0 heterocycles. The fourth-order valence-electron chi connectivity index (χ4n) is 2.30. The van der Waals surface area contributed by atoms with E-state index < -0.39 is 27.3 Å². The molecule has 1 saturated carbocycles. The number of hydrogen-bond donors (Lipinski definition) is 2. The zero-order chi connectivity index (χ0) is 13.6. The van der Waals surface area contributed by atoms with Crippen LogP contribution in [0.4, 0.5) is 0 Å². The zero-order valence-corrected chi connectivity index (χ0v) is 10.6. The first-order valence-corrected chi connectivity index (χ1v) is 7.37. The van der Waals surface area contributed by atoms with Crippen LogP contribution in [0.5, 0.6) is 0 Å². The molecule has 2 N–H and O–H groups in total. The smallest absolute Gasteiger partial charge is 0.314 e. The van der Waals surface area contributed by atoms with E-state index in [2.05, 4.69) is 0 Å². The Balaban J connectivity index is 2.48. The van der Waals surface area contributed by atoms with Gasteiger partial charge in [0.05, 0.1) is 16.4 Å². The summed E-state index contributed by atoms with van der Waals surface area (Å²) in [4.78, 5) is 11.4. The Kier molecular flexibility index (Phi) is 2.95. The van der Waals surface area contributed by atoms with Gasteiger partial charge in [0.2, 0.25) is 0 Å². The number of aliphatic hydroxyl groups is 1. The van der Waals surface area contributed by atoms with Crippen molar-refractivity contribution in [2.24, 2.45) is 0 Å². The van der Waals surface area contributed by atoms with Crippen molar-refractivity contribution in [2.75, 3.05) is 6.26 Å². The maximum atomic E-state index is 11.5. The van der Waals surface area contributed by atoms with Crippen LogP contribution in [0.3, 0.4) is 0 Å². The van der Waals surface area contributed by atoms with Gasteiger partial charge in [-0.2, -0.15) is 0 Å². The molecule has 0 saturated heterocycles. The van der Waals surface area contributed by atoms with E-state index >= 15 is 0 Å². The number of aliphatic carboxylic acids is 1. The average molecular weight is 270 g/mol. The Morgan fingerprint density at radius 2 is 2.00 bits per heavy atom. The molecule has 1 aliphatic rings. The predicted octanol–water partition coefficient (Wildman–Crippen LogP) is 0.567. The summed E-state index contributed by atoms with van der Waals surface area (Å²) in [6.07, 6.45) is 0.684. The highest BCUT2D eigenvalue weighted by atomic mass is 32.2. The largest absolute Gasteiger partial charge is 0.481 e. The molecular weight excluding hydrogens is 256 g/mol. The molecule has 0 amide bonds. The lowest BCUT2D eigenvalue weighted by atomic mass is 9.63. The number of benzene rings is 1. The molecule has 0 aromatic heterocycles. The summed E-state index contributed by atoms with van der Waals surface area (Å²) in [7, 11) is -3.36. The van der Waals surface area contributed by atoms with Crippen molar-refractivity contribution in [2.45, 2.75) is 29.3 Å². The van der Waals surface area contributed by atoms with Crippen LogP contribution in [0.1, 0.15) is 18.4 Å². The minimum absolute atomic E-state index is 0.0991. The van der Waals surface area contributed by atoms with E-state index in [1.54, 1.807) is 6.07 Å². The van der Waals surface area contributed by atoms with Crippen molar-refractivity contribution >= 4 is 15.8 Å². The van der Waals surface area contributed by atoms with Gasteiger partial charge in [-0.25, -0.2) is 8.42 Å².